The molecule has 3 heteroatoms. The van der Waals surface area contributed by atoms with Crippen molar-refractivity contribution in [2.75, 3.05) is 20.6 Å². The fourth-order valence-electron chi connectivity index (χ4n) is 3.32. The minimum Gasteiger partial charge on any atom is -0.392 e. The lowest BCUT2D eigenvalue weighted by molar-refractivity contribution is -0.0277. The van der Waals surface area contributed by atoms with E-state index in [1.54, 1.807) is 0 Å². The van der Waals surface area contributed by atoms with Crippen LogP contribution in [0.1, 0.15) is 49.1 Å². The van der Waals surface area contributed by atoms with Crippen LogP contribution >= 0.6 is 0 Å². The summed E-state index contributed by atoms with van der Waals surface area (Å²) < 4.78 is 0. The predicted octanol–water partition coefficient (Wildman–Crippen LogP) is 2.52. The van der Waals surface area contributed by atoms with Gasteiger partial charge < -0.3 is 15.1 Å². The first-order chi connectivity index (χ1) is 9.55. The van der Waals surface area contributed by atoms with Crippen LogP contribution in [0.25, 0.3) is 0 Å². The van der Waals surface area contributed by atoms with Crippen LogP contribution in [0.4, 0.5) is 0 Å². The molecule has 1 saturated carbocycles. The molecule has 1 aromatic rings. The summed E-state index contributed by atoms with van der Waals surface area (Å²) in [5.41, 5.74) is 1.52. The van der Waals surface area contributed by atoms with Crippen molar-refractivity contribution in [2.24, 2.45) is 0 Å². The molecule has 0 aromatic heterocycles. The molecule has 112 valence electrons. The van der Waals surface area contributed by atoms with Crippen LogP contribution in [-0.2, 0) is 6.61 Å². The molecule has 2 N–H and O–H groups in total. The van der Waals surface area contributed by atoms with E-state index in [0.29, 0.717) is 0 Å². The van der Waals surface area contributed by atoms with Crippen LogP contribution in [-0.4, -0.2) is 41.4 Å². The second kappa shape index (κ2) is 6.70. The Hall–Kier alpha value is -0.900. The molecule has 0 radical (unpaired) electrons. The summed E-state index contributed by atoms with van der Waals surface area (Å²) in [6.07, 6.45) is 5.27. The predicted molar refractivity (Wildman–Crippen MR) is 81.7 cm³/mol. The average molecular weight is 277 g/mol. The molecule has 0 amide bonds. The van der Waals surface area contributed by atoms with E-state index in [1.165, 1.54) is 12.0 Å². The van der Waals surface area contributed by atoms with Gasteiger partial charge in [0.2, 0.25) is 0 Å². The molecule has 1 aliphatic rings. The number of benzene rings is 1. The minimum atomic E-state index is -0.580. The van der Waals surface area contributed by atoms with Crippen molar-refractivity contribution in [3.63, 3.8) is 0 Å². The van der Waals surface area contributed by atoms with E-state index in [2.05, 4.69) is 31.1 Å². The van der Waals surface area contributed by atoms with Crippen LogP contribution in [0.2, 0.25) is 0 Å². The summed E-state index contributed by atoms with van der Waals surface area (Å²) in [4.78, 5) is 2.15. The van der Waals surface area contributed by atoms with Crippen LogP contribution in [0.15, 0.2) is 24.3 Å². The highest BCUT2D eigenvalue weighted by molar-refractivity contribution is 5.28. The lowest BCUT2D eigenvalue weighted by Crippen LogP contribution is -2.42. The largest absolute Gasteiger partial charge is 0.392 e. The zero-order valence-electron chi connectivity index (χ0n) is 12.7. The highest BCUT2D eigenvalue weighted by Crippen LogP contribution is 2.40. The van der Waals surface area contributed by atoms with Gasteiger partial charge in [-0.15, -0.1) is 0 Å². The topological polar surface area (TPSA) is 43.7 Å². The van der Waals surface area contributed by atoms with E-state index in [-0.39, 0.29) is 12.5 Å². The van der Waals surface area contributed by atoms with Gasteiger partial charge in [-0.05, 0) is 38.1 Å². The molecule has 0 heterocycles. The molecule has 0 unspecified atom stereocenters. The molecule has 20 heavy (non-hydrogen) atoms. The first kappa shape index (κ1) is 15.5. The standard InChI is InChI=1S/C17H27NO2/c1-18(2)12-16(17(20)10-4-3-5-11-17)15-8-6-14(13-19)7-9-15/h6-9,16,19-20H,3-5,10-13H2,1-2H3/t16-/m0/s1. The monoisotopic (exact) mass is 277 g/mol. The van der Waals surface area contributed by atoms with Crippen LogP contribution in [0.5, 0.6) is 0 Å². The zero-order valence-corrected chi connectivity index (χ0v) is 12.7. The maximum Gasteiger partial charge on any atom is 0.0728 e. The van der Waals surface area contributed by atoms with Crippen molar-refractivity contribution in [1.82, 2.24) is 4.90 Å². The molecule has 0 bridgehead atoms. The summed E-state index contributed by atoms with van der Waals surface area (Å²) in [5, 5.41) is 20.2. The van der Waals surface area contributed by atoms with E-state index in [0.717, 1.165) is 37.8 Å². The fraction of sp³-hybridized carbons (Fsp3) is 0.647. The van der Waals surface area contributed by atoms with Gasteiger partial charge in [0, 0.05) is 12.5 Å². The van der Waals surface area contributed by atoms with Gasteiger partial charge in [-0.25, -0.2) is 0 Å². The summed E-state index contributed by atoms with van der Waals surface area (Å²) in [6, 6.07) is 8.05. The number of nitrogens with zero attached hydrogens (tertiary/aromatic N) is 1. The molecular formula is C17H27NO2. The molecule has 1 aromatic carbocycles. The Bertz CT molecular complexity index is 408. The number of hydrogen-bond donors (Lipinski definition) is 2. The van der Waals surface area contributed by atoms with Gasteiger partial charge in [-0.2, -0.15) is 0 Å². The molecule has 0 aliphatic heterocycles. The Balaban J connectivity index is 2.25. The van der Waals surface area contributed by atoms with Gasteiger partial charge >= 0.3 is 0 Å². The van der Waals surface area contributed by atoms with Gasteiger partial charge in [0.1, 0.15) is 0 Å². The maximum atomic E-state index is 11.1. The Labute approximate surface area is 122 Å². The van der Waals surface area contributed by atoms with E-state index in [4.69, 9.17) is 5.11 Å². The van der Waals surface area contributed by atoms with Gasteiger partial charge in [-0.1, -0.05) is 43.5 Å². The molecule has 0 saturated heterocycles. The quantitative estimate of drug-likeness (QED) is 0.869. The van der Waals surface area contributed by atoms with Gasteiger partial charge in [0.15, 0.2) is 0 Å². The summed E-state index contributed by atoms with van der Waals surface area (Å²) in [6.45, 7) is 0.928. The first-order valence-electron chi connectivity index (χ1n) is 7.62. The molecule has 1 aliphatic carbocycles. The fourth-order valence-corrected chi connectivity index (χ4v) is 3.32. The third-order valence-electron chi connectivity index (χ3n) is 4.48. The van der Waals surface area contributed by atoms with E-state index >= 15 is 0 Å². The number of rotatable bonds is 5. The molecule has 2 rings (SSSR count). The minimum absolute atomic E-state index is 0.0723. The lowest BCUT2D eigenvalue weighted by Gasteiger charge is -2.41. The third-order valence-corrected chi connectivity index (χ3v) is 4.48. The Morgan fingerprint density at radius 3 is 2.20 bits per heavy atom. The number of aliphatic hydroxyl groups excluding tert-OH is 1. The molecular weight excluding hydrogens is 250 g/mol. The SMILES string of the molecule is CN(C)C[C@@H](c1ccc(CO)cc1)C1(O)CCCCC1. The van der Waals surface area contributed by atoms with Crippen LogP contribution in [0.3, 0.4) is 0 Å². The van der Waals surface area contributed by atoms with Crippen molar-refractivity contribution >= 4 is 0 Å². The number of aliphatic hydroxyl groups is 2. The Kier molecular flexibility index (Phi) is 5.19. The summed E-state index contributed by atoms with van der Waals surface area (Å²) in [5.74, 6) is 0.144. The lowest BCUT2D eigenvalue weighted by atomic mass is 9.72. The van der Waals surface area contributed by atoms with E-state index < -0.39 is 5.60 Å². The average Bonchev–Trinajstić information content (AvgIpc) is 2.45. The van der Waals surface area contributed by atoms with Gasteiger partial charge in [0.05, 0.1) is 12.2 Å². The highest BCUT2D eigenvalue weighted by Gasteiger charge is 2.38. The normalized spacial score (nSPS) is 20.1. The number of hydrogen-bond acceptors (Lipinski definition) is 3. The summed E-state index contributed by atoms with van der Waals surface area (Å²) in [7, 11) is 4.11. The summed E-state index contributed by atoms with van der Waals surface area (Å²) >= 11 is 0. The van der Waals surface area contributed by atoms with Crippen molar-refractivity contribution in [2.45, 2.75) is 50.2 Å². The number of likely N-dealkylation sites (N-methyl/N-ethyl adjacent to an activating group) is 1. The molecule has 3 nitrogen and oxygen atoms in total. The smallest absolute Gasteiger partial charge is 0.0728 e. The van der Waals surface area contributed by atoms with Crippen molar-refractivity contribution < 1.29 is 10.2 Å². The van der Waals surface area contributed by atoms with Crippen molar-refractivity contribution in [3.05, 3.63) is 35.4 Å². The van der Waals surface area contributed by atoms with Gasteiger partial charge in [-0.3, -0.25) is 0 Å². The van der Waals surface area contributed by atoms with Gasteiger partial charge in [0.25, 0.3) is 0 Å². The van der Waals surface area contributed by atoms with Crippen LogP contribution in [0, 0.1) is 0 Å². The van der Waals surface area contributed by atoms with Crippen LogP contribution < -0.4 is 0 Å². The Morgan fingerprint density at radius 1 is 1.10 bits per heavy atom. The van der Waals surface area contributed by atoms with Crippen molar-refractivity contribution in [1.29, 1.82) is 0 Å². The highest BCUT2D eigenvalue weighted by atomic mass is 16.3. The third kappa shape index (κ3) is 3.60. The van der Waals surface area contributed by atoms with E-state index in [9.17, 15) is 5.11 Å². The zero-order chi connectivity index (χ0) is 14.6. The molecule has 1 fully saturated rings. The second-order valence-corrected chi connectivity index (χ2v) is 6.38. The van der Waals surface area contributed by atoms with E-state index in [1.807, 2.05) is 12.1 Å². The Morgan fingerprint density at radius 2 is 1.70 bits per heavy atom. The molecule has 1 atom stereocenters. The van der Waals surface area contributed by atoms with Crippen molar-refractivity contribution in [3.8, 4) is 0 Å². The molecule has 0 spiro atoms. The second-order valence-electron chi connectivity index (χ2n) is 6.38. The maximum absolute atomic E-state index is 11.1. The first-order valence-corrected chi connectivity index (χ1v) is 7.62.